The van der Waals surface area contributed by atoms with E-state index in [1.807, 2.05) is 32.0 Å². The summed E-state index contributed by atoms with van der Waals surface area (Å²) in [6, 6.07) is 7.42. The molecule has 7 heteroatoms. The Morgan fingerprint density at radius 2 is 1.83 bits per heavy atom. The third-order valence-electron chi connectivity index (χ3n) is 3.67. The molecule has 0 aliphatic carbocycles. The highest BCUT2D eigenvalue weighted by Gasteiger charge is 2.12. The van der Waals surface area contributed by atoms with Crippen molar-refractivity contribution < 1.29 is 4.79 Å². The van der Waals surface area contributed by atoms with Crippen LogP contribution in [-0.4, -0.2) is 33.9 Å². The Hall–Kier alpha value is -2.70. The second kappa shape index (κ2) is 9.44. The van der Waals surface area contributed by atoms with Crippen LogP contribution in [0.1, 0.15) is 26.7 Å². The van der Waals surface area contributed by atoms with Crippen LogP contribution < -0.4 is 16.0 Å². The zero-order valence-corrected chi connectivity index (χ0v) is 14.1. The van der Waals surface area contributed by atoms with Gasteiger partial charge in [-0.05, 0) is 25.0 Å². The van der Waals surface area contributed by atoms with Gasteiger partial charge in [0.25, 0.3) is 0 Å². The number of amides is 1. The third-order valence-corrected chi connectivity index (χ3v) is 3.67. The molecule has 3 N–H and O–H groups in total. The highest BCUT2D eigenvalue weighted by Crippen LogP contribution is 2.13. The second-order valence-electron chi connectivity index (χ2n) is 5.36. The maximum atomic E-state index is 11.9. The van der Waals surface area contributed by atoms with E-state index in [0.29, 0.717) is 24.7 Å². The lowest BCUT2D eigenvalue weighted by molar-refractivity contribution is -0.125. The molecule has 0 bridgehead atoms. The molecule has 2 aromatic heterocycles. The predicted octanol–water partition coefficient (Wildman–Crippen LogP) is 2.58. The fourth-order valence-corrected chi connectivity index (χ4v) is 2.27. The van der Waals surface area contributed by atoms with E-state index in [1.54, 1.807) is 12.3 Å². The molecule has 0 fully saturated rings. The molecule has 0 aliphatic heterocycles. The molecule has 128 valence electrons. The molecule has 2 aromatic rings. The average Bonchev–Trinajstić information content (AvgIpc) is 2.61. The summed E-state index contributed by atoms with van der Waals surface area (Å²) in [4.78, 5) is 24.4. The molecule has 2 rings (SSSR count). The topological polar surface area (TPSA) is 91.8 Å². The molecular formula is C17H24N6O. The van der Waals surface area contributed by atoms with E-state index >= 15 is 0 Å². The average molecular weight is 328 g/mol. The maximum absolute atomic E-state index is 11.9. The van der Waals surface area contributed by atoms with Crippen LogP contribution in [0.25, 0.3) is 0 Å². The van der Waals surface area contributed by atoms with Gasteiger partial charge in [0.1, 0.15) is 23.8 Å². The van der Waals surface area contributed by atoms with Crippen molar-refractivity contribution in [3.63, 3.8) is 0 Å². The lowest BCUT2D eigenvalue weighted by Crippen LogP contribution is -2.33. The number of nitrogens with zero attached hydrogens (tertiary/aromatic N) is 3. The first-order valence-electron chi connectivity index (χ1n) is 8.24. The maximum Gasteiger partial charge on any atom is 0.223 e. The van der Waals surface area contributed by atoms with Crippen LogP contribution in [0.3, 0.4) is 0 Å². The number of rotatable bonds is 9. The first-order valence-corrected chi connectivity index (χ1v) is 8.24. The Morgan fingerprint density at radius 1 is 1.04 bits per heavy atom. The number of carbonyl (C=O) groups excluding carboxylic acids is 1. The highest BCUT2D eigenvalue weighted by atomic mass is 16.1. The van der Waals surface area contributed by atoms with Gasteiger partial charge in [0.2, 0.25) is 5.91 Å². The minimum absolute atomic E-state index is 0.0956. The minimum Gasteiger partial charge on any atom is -0.368 e. The van der Waals surface area contributed by atoms with Gasteiger partial charge in [-0.1, -0.05) is 19.9 Å². The summed E-state index contributed by atoms with van der Waals surface area (Å²) in [7, 11) is 0. The molecule has 1 amide bonds. The van der Waals surface area contributed by atoms with Crippen LogP contribution in [-0.2, 0) is 4.79 Å². The van der Waals surface area contributed by atoms with Gasteiger partial charge < -0.3 is 16.0 Å². The lowest BCUT2D eigenvalue weighted by Gasteiger charge is -2.13. The molecule has 7 nitrogen and oxygen atoms in total. The van der Waals surface area contributed by atoms with E-state index in [4.69, 9.17) is 0 Å². The largest absolute Gasteiger partial charge is 0.368 e. The summed E-state index contributed by atoms with van der Waals surface area (Å²) in [6.45, 7) is 5.22. The molecule has 0 spiro atoms. The summed E-state index contributed by atoms with van der Waals surface area (Å²) in [5.74, 6) is 2.28. The standard InChI is InChI=1S/C17H24N6O/c1-3-13(4-2)17(24)20-10-9-19-15-11-16(22-12-21-15)23-14-7-5-6-8-18-14/h5-8,11-13H,3-4,9-10H2,1-2H3,(H,20,24)(H2,18,19,21,22,23). The van der Waals surface area contributed by atoms with Crippen molar-refractivity contribution in [2.24, 2.45) is 5.92 Å². The van der Waals surface area contributed by atoms with Crippen LogP contribution in [0, 0.1) is 5.92 Å². The van der Waals surface area contributed by atoms with Gasteiger partial charge in [0.05, 0.1) is 0 Å². The molecule has 0 aliphatic rings. The van der Waals surface area contributed by atoms with E-state index in [9.17, 15) is 4.79 Å². The normalized spacial score (nSPS) is 10.5. The summed E-state index contributed by atoms with van der Waals surface area (Å²) in [5, 5.41) is 9.22. The van der Waals surface area contributed by atoms with Gasteiger partial charge >= 0.3 is 0 Å². The molecule has 0 aromatic carbocycles. The van der Waals surface area contributed by atoms with Crippen molar-refractivity contribution in [2.45, 2.75) is 26.7 Å². The Kier molecular flexibility index (Phi) is 6.94. The number of carbonyl (C=O) groups is 1. The van der Waals surface area contributed by atoms with Crippen LogP contribution in [0.15, 0.2) is 36.8 Å². The van der Waals surface area contributed by atoms with Gasteiger partial charge in [0.15, 0.2) is 0 Å². The van der Waals surface area contributed by atoms with Gasteiger partial charge in [-0.2, -0.15) is 0 Å². The Morgan fingerprint density at radius 3 is 2.54 bits per heavy atom. The van der Waals surface area contributed by atoms with Crippen LogP contribution >= 0.6 is 0 Å². The van der Waals surface area contributed by atoms with Gasteiger partial charge in [-0.15, -0.1) is 0 Å². The molecule has 0 atom stereocenters. The molecule has 2 heterocycles. The Bertz CT molecular complexity index is 630. The summed E-state index contributed by atoms with van der Waals surface area (Å²) < 4.78 is 0. The smallest absolute Gasteiger partial charge is 0.223 e. The second-order valence-corrected chi connectivity index (χ2v) is 5.36. The van der Waals surface area contributed by atoms with Crippen molar-refractivity contribution >= 4 is 23.4 Å². The molecule has 24 heavy (non-hydrogen) atoms. The number of anilines is 3. The van der Waals surface area contributed by atoms with Crippen molar-refractivity contribution in [3.8, 4) is 0 Å². The lowest BCUT2D eigenvalue weighted by atomic mass is 10.0. The first kappa shape index (κ1) is 17.7. The van der Waals surface area contributed by atoms with Crippen LogP contribution in [0.4, 0.5) is 17.5 Å². The summed E-state index contributed by atoms with van der Waals surface area (Å²) in [6.07, 6.45) is 4.93. The predicted molar refractivity (Wildman–Crippen MR) is 95.1 cm³/mol. The highest BCUT2D eigenvalue weighted by molar-refractivity contribution is 5.78. The number of hydrogen-bond acceptors (Lipinski definition) is 6. The van der Waals surface area contributed by atoms with E-state index in [2.05, 4.69) is 30.9 Å². The Balaban J connectivity index is 1.79. The molecular weight excluding hydrogens is 304 g/mol. The van der Waals surface area contributed by atoms with Crippen LogP contribution in [0.2, 0.25) is 0 Å². The number of pyridine rings is 1. The monoisotopic (exact) mass is 328 g/mol. The number of aromatic nitrogens is 3. The van der Waals surface area contributed by atoms with Crippen molar-refractivity contribution in [3.05, 3.63) is 36.8 Å². The molecule has 0 unspecified atom stereocenters. The summed E-state index contributed by atoms with van der Waals surface area (Å²) >= 11 is 0. The van der Waals surface area contributed by atoms with Crippen LogP contribution in [0.5, 0.6) is 0 Å². The Labute approximate surface area is 142 Å². The fourth-order valence-electron chi connectivity index (χ4n) is 2.27. The van der Waals surface area contributed by atoms with E-state index in [1.165, 1.54) is 6.33 Å². The zero-order chi connectivity index (χ0) is 17.2. The van der Waals surface area contributed by atoms with Gasteiger partial charge in [-0.3, -0.25) is 4.79 Å². The SMILES string of the molecule is CCC(CC)C(=O)NCCNc1cc(Nc2ccccn2)ncn1. The molecule has 0 radical (unpaired) electrons. The fraction of sp³-hybridized carbons (Fsp3) is 0.412. The van der Waals surface area contributed by atoms with Crippen molar-refractivity contribution in [2.75, 3.05) is 23.7 Å². The summed E-state index contributed by atoms with van der Waals surface area (Å²) in [5.41, 5.74) is 0. The first-order chi connectivity index (χ1) is 11.7. The van der Waals surface area contributed by atoms with E-state index < -0.39 is 0 Å². The zero-order valence-electron chi connectivity index (χ0n) is 14.1. The number of hydrogen-bond donors (Lipinski definition) is 3. The van der Waals surface area contributed by atoms with Crippen molar-refractivity contribution in [1.29, 1.82) is 0 Å². The van der Waals surface area contributed by atoms with Gasteiger partial charge in [-0.25, -0.2) is 15.0 Å². The van der Waals surface area contributed by atoms with E-state index in [-0.39, 0.29) is 11.8 Å². The quantitative estimate of drug-likeness (QED) is 0.613. The van der Waals surface area contributed by atoms with E-state index in [0.717, 1.165) is 18.7 Å². The third kappa shape index (κ3) is 5.49. The minimum atomic E-state index is 0.0956. The number of nitrogens with one attached hydrogen (secondary N) is 3. The molecule has 0 saturated heterocycles. The molecule has 0 saturated carbocycles. The van der Waals surface area contributed by atoms with Crippen molar-refractivity contribution in [1.82, 2.24) is 20.3 Å². The van der Waals surface area contributed by atoms with Gasteiger partial charge in [0, 0.05) is 31.3 Å².